The summed E-state index contributed by atoms with van der Waals surface area (Å²) in [4.78, 5) is 4.17. The smallest absolute Gasteiger partial charge is 0.238 e. The number of benzene rings is 1. The summed E-state index contributed by atoms with van der Waals surface area (Å²) in [5, 5.41) is 8.08. The third-order valence-corrected chi connectivity index (χ3v) is 3.67. The van der Waals surface area contributed by atoms with E-state index in [0.29, 0.717) is 23.8 Å². The number of nitrogens with one attached hydrogen (secondary N) is 1. The first-order chi connectivity index (χ1) is 9.25. The lowest BCUT2D eigenvalue weighted by Crippen LogP contribution is -2.13. The molecule has 0 unspecified atom stereocenters. The van der Waals surface area contributed by atoms with Gasteiger partial charge in [-0.25, -0.2) is 18.5 Å². The van der Waals surface area contributed by atoms with Gasteiger partial charge in [0.05, 0.1) is 17.1 Å². The van der Waals surface area contributed by atoms with E-state index in [4.69, 9.17) is 15.3 Å². The highest BCUT2D eigenvalue weighted by Gasteiger charge is 2.11. The van der Waals surface area contributed by atoms with Gasteiger partial charge >= 0.3 is 0 Å². The highest BCUT2D eigenvalue weighted by atomic mass is 32.2. The summed E-state index contributed by atoms with van der Waals surface area (Å²) in [5.41, 5.74) is 7.31. The largest absolute Gasteiger partial charge is 0.444 e. The Morgan fingerprint density at radius 2 is 2.00 bits per heavy atom. The van der Waals surface area contributed by atoms with E-state index in [-0.39, 0.29) is 4.90 Å². The lowest BCUT2D eigenvalue weighted by molar-refractivity contribution is 0.478. The first-order valence-electron chi connectivity index (χ1n) is 5.86. The molecule has 0 amide bonds. The Balaban J connectivity index is 2.19. The molecule has 0 aliphatic carbocycles. The summed E-state index contributed by atoms with van der Waals surface area (Å²) in [5.74, 6) is 1.26. The second-order valence-corrected chi connectivity index (χ2v) is 6.00. The van der Waals surface area contributed by atoms with Crippen LogP contribution in [0.4, 0.5) is 11.4 Å². The van der Waals surface area contributed by atoms with Crippen molar-refractivity contribution in [3.05, 3.63) is 35.5 Å². The van der Waals surface area contributed by atoms with Crippen LogP contribution in [0.15, 0.2) is 27.5 Å². The first-order valence-corrected chi connectivity index (χ1v) is 7.40. The molecular formula is C12H16N4O3S. The zero-order valence-corrected chi connectivity index (χ0v) is 12.0. The van der Waals surface area contributed by atoms with E-state index in [1.807, 2.05) is 13.8 Å². The van der Waals surface area contributed by atoms with Crippen molar-refractivity contribution < 1.29 is 12.8 Å². The van der Waals surface area contributed by atoms with Crippen LogP contribution >= 0.6 is 0 Å². The lowest BCUT2D eigenvalue weighted by Gasteiger charge is -2.07. The highest BCUT2D eigenvalue weighted by Crippen LogP contribution is 2.20. The van der Waals surface area contributed by atoms with Crippen LogP contribution in [0.2, 0.25) is 0 Å². The van der Waals surface area contributed by atoms with E-state index in [9.17, 15) is 8.42 Å². The molecule has 8 heteroatoms. The van der Waals surface area contributed by atoms with E-state index >= 15 is 0 Å². The second-order valence-electron chi connectivity index (χ2n) is 4.44. The van der Waals surface area contributed by atoms with Gasteiger partial charge in [0.1, 0.15) is 5.76 Å². The summed E-state index contributed by atoms with van der Waals surface area (Å²) in [6, 6.07) is 4.33. The minimum Gasteiger partial charge on any atom is -0.444 e. The van der Waals surface area contributed by atoms with E-state index in [0.717, 1.165) is 11.5 Å². The molecule has 0 aliphatic rings. The molecule has 0 bridgehead atoms. The number of aryl methyl sites for hydroxylation is 2. The number of nitrogens with two attached hydrogens (primary N) is 2. The topological polar surface area (TPSA) is 124 Å². The minimum absolute atomic E-state index is 0.0419. The Bertz CT molecular complexity index is 718. The molecule has 7 nitrogen and oxygen atoms in total. The van der Waals surface area contributed by atoms with Crippen molar-refractivity contribution >= 4 is 21.4 Å². The number of anilines is 2. The standard InChI is InChI=1S/C12H16N4O3S/c1-7-8(2)19-12(16-7)6-15-10-3-9(13)4-11(5-10)20(14,17)18/h3-5,15H,6,13H2,1-2H3,(H2,14,17,18). The van der Waals surface area contributed by atoms with E-state index in [1.165, 1.54) is 12.1 Å². The molecule has 0 atom stereocenters. The van der Waals surface area contributed by atoms with Crippen molar-refractivity contribution in [1.82, 2.24) is 4.98 Å². The van der Waals surface area contributed by atoms with Crippen molar-refractivity contribution in [1.29, 1.82) is 0 Å². The number of hydrogen-bond acceptors (Lipinski definition) is 6. The average Bonchev–Trinajstić information content (AvgIpc) is 2.65. The zero-order valence-electron chi connectivity index (χ0n) is 11.2. The van der Waals surface area contributed by atoms with Crippen molar-refractivity contribution in [3.8, 4) is 0 Å². The molecule has 108 valence electrons. The third kappa shape index (κ3) is 3.28. The van der Waals surface area contributed by atoms with Crippen LogP contribution in [-0.4, -0.2) is 13.4 Å². The fourth-order valence-corrected chi connectivity index (χ4v) is 2.27. The minimum atomic E-state index is -3.79. The molecule has 0 radical (unpaired) electrons. The van der Waals surface area contributed by atoms with Gasteiger partial charge < -0.3 is 15.5 Å². The van der Waals surface area contributed by atoms with Crippen LogP contribution in [0.1, 0.15) is 17.3 Å². The monoisotopic (exact) mass is 296 g/mol. The van der Waals surface area contributed by atoms with Crippen molar-refractivity contribution in [3.63, 3.8) is 0 Å². The summed E-state index contributed by atoms with van der Waals surface area (Å²) >= 11 is 0. The van der Waals surface area contributed by atoms with Crippen molar-refractivity contribution in [2.45, 2.75) is 25.3 Å². The maximum atomic E-state index is 11.3. The van der Waals surface area contributed by atoms with Crippen LogP contribution in [0.25, 0.3) is 0 Å². The van der Waals surface area contributed by atoms with Crippen LogP contribution in [-0.2, 0) is 16.6 Å². The number of sulfonamides is 1. The summed E-state index contributed by atoms with van der Waals surface area (Å²) in [7, 11) is -3.79. The van der Waals surface area contributed by atoms with Gasteiger partial charge in [-0.15, -0.1) is 0 Å². The van der Waals surface area contributed by atoms with Gasteiger partial charge in [-0.3, -0.25) is 0 Å². The predicted molar refractivity (Wildman–Crippen MR) is 75.5 cm³/mol. The number of oxazole rings is 1. The number of aromatic nitrogens is 1. The lowest BCUT2D eigenvalue weighted by atomic mass is 10.3. The number of rotatable bonds is 4. The summed E-state index contributed by atoms with van der Waals surface area (Å²) in [6.45, 7) is 4.00. The van der Waals surface area contributed by atoms with Gasteiger partial charge in [-0.1, -0.05) is 0 Å². The molecular weight excluding hydrogens is 280 g/mol. The van der Waals surface area contributed by atoms with Gasteiger partial charge in [-0.05, 0) is 32.0 Å². The Kier molecular flexibility index (Phi) is 3.69. The number of nitrogens with zero attached hydrogens (tertiary/aromatic N) is 1. The molecule has 5 N–H and O–H groups in total. The van der Waals surface area contributed by atoms with Crippen molar-refractivity contribution in [2.24, 2.45) is 5.14 Å². The Hall–Kier alpha value is -2.06. The molecule has 0 spiro atoms. The first kappa shape index (κ1) is 14.4. The third-order valence-electron chi connectivity index (χ3n) is 2.77. The van der Waals surface area contributed by atoms with Crippen LogP contribution < -0.4 is 16.2 Å². The molecule has 1 heterocycles. The van der Waals surface area contributed by atoms with Crippen LogP contribution in [0, 0.1) is 13.8 Å². The number of primary sulfonamides is 1. The summed E-state index contributed by atoms with van der Waals surface area (Å²) < 4.78 is 28.1. The van der Waals surface area contributed by atoms with Gasteiger partial charge in [0.25, 0.3) is 0 Å². The Labute approximate surface area is 117 Å². The Morgan fingerprint density at radius 1 is 1.30 bits per heavy atom. The van der Waals surface area contributed by atoms with E-state index in [2.05, 4.69) is 10.3 Å². The zero-order chi connectivity index (χ0) is 14.9. The normalized spacial score (nSPS) is 11.6. The maximum Gasteiger partial charge on any atom is 0.238 e. The van der Waals surface area contributed by atoms with Crippen LogP contribution in [0.5, 0.6) is 0 Å². The van der Waals surface area contributed by atoms with E-state index < -0.39 is 10.0 Å². The average molecular weight is 296 g/mol. The van der Waals surface area contributed by atoms with Crippen molar-refractivity contribution in [2.75, 3.05) is 11.1 Å². The molecule has 0 fully saturated rings. The highest BCUT2D eigenvalue weighted by molar-refractivity contribution is 7.89. The molecule has 0 aliphatic heterocycles. The predicted octanol–water partition coefficient (Wildman–Crippen LogP) is 1.13. The maximum absolute atomic E-state index is 11.3. The fraction of sp³-hybridized carbons (Fsp3) is 0.250. The SMILES string of the molecule is Cc1nc(CNc2cc(N)cc(S(N)(=O)=O)c2)oc1C. The number of nitrogen functional groups attached to an aromatic ring is 1. The van der Waals surface area contributed by atoms with E-state index in [1.54, 1.807) is 6.07 Å². The van der Waals surface area contributed by atoms with Gasteiger partial charge in [0.15, 0.2) is 0 Å². The Morgan fingerprint density at radius 3 is 2.55 bits per heavy atom. The van der Waals surface area contributed by atoms with Gasteiger partial charge in [-0.2, -0.15) is 0 Å². The van der Waals surface area contributed by atoms with Gasteiger partial charge in [0, 0.05) is 11.4 Å². The molecule has 1 aromatic heterocycles. The van der Waals surface area contributed by atoms with Crippen LogP contribution in [0.3, 0.4) is 0 Å². The fourth-order valence-electron chi connectivity index (χ4n) is 1.68. The molecule has 0 saturated heterocycles. The molecule has 2 aromatic rings. The quantitative estimate of drug-likeness (QED) is 0.726. The number of hydrogen-bond donors (Lipinski definition) is 3. The van der Waals surface area contributed by atoms with Gasteiger partial charge in [0.2, 0.25) is 15.9 Å². The summed E-state index contributed by atoms with van der Waals surface area (Å²) in [6.07, 6.45) is 0. The molecule has 1 aromatic carbocycles. The molecule has 20 heavy (non-hydrogen) atoms. The molecule has 2 rings (SSSR count). The molecule has 0 saturated carbocycles. The second kappa shape index (κ2) is 5.14.